The van der Waals surface area contributed by atoms with Gasteiger partial charge in [0.05, 0.1) is 12.2 Å². The predicted molar refractivity (Wildman–Crippen MR) is 115 cm³/mol. The Bertz CT molecular complexity index is 810. The Morgan fingerprint density at radius 3 is 2.55 bits per heavy atom. The summed E-state index contributed by atoms with van der Waals surface area (Å²) in [5.41, 5.74) is 6.65. The van der Waals surface area contributed by atoms with Gasteiger partial charge < -0.3 is 20.5 Å². The highest BCUT2D eigenvalue weighted by Crippen LogP contribution is 2.29. The first-order chi connectivity index (χ1) is 13.4. The molecule has 0 radical (unpaired) electrons. The van der Waals surface area contributed by atoms with E-state index in [-0.39, 0.29) is 54.0 Å². The van der Waals surface area contributed by atoms with Gasteiger partial charge in [-0.3, -0.25) is 0 Å². The molecule has 0 bridgehead atoms. The molecule has 0 saturated heterocycles. The van der Waals surface area contributed by atoms with Crippen LogP contribution in [-0.2, 0) is 6.54 Å². The van der Waals surface area contributed by atoms with E-state index in [1.54, 1.807) is 18.3 Å². The Labute approximate surface area is 183 Å². The fourth-order valence-electron chi connectivity index (χ4n) is 2.89. The van der Waals surface area contributed by atoms with E-state index in [4.69, 9.17) is 10.5 Å². The van der Waals surface area contributed by atoms with Crippen LogP contribution < -0.4 is 20.5 Å². The second-order valence-electron chi connectivity index (χ2n) is 6.40. The zero-order valence-electron chi connectivity index (χ0n) is 15.5. The van der Waals surface area contributed by atoms with Crippen molar-refractivity contribution in [1.82, 2.24) is 4.98 Å². The number of hydrogen-bond acceptors (Lipinski definition) is 4. The third kappa shape index (κ3) is 7.59. The van der Waals surface area contributed by atoms with Crippen LogP contribution in [0.1, 0.15) is 31.2 Å². The van der Waals surface area contributed by atoms with Gasteiger partial charge >= 0.3 is 6.36 Å². The van der Waals surface area contributed by atoms with Gasteiger partial charge in [-0.2, -0.15) is 0 Å². The van der Waals surface area contributed by atoms with Crippen molar-refractivity contribution in [1.29, 1.82) is 0 Å². The first-order valence-electron chi connectivity index (χ1n) is 8.92. The van der Waals surface area contributed by atoms with E-state index in [1.807, 2.05) is 6.07 Å². The molecule has 158 valence electrons. The van der Waals surface area contributed by atoms with E-state index in [9.17, 15) is 13.2 Å². The molecule has 0 spiro atoms. The van der Waals surface area contributed by atoms with Crippen molar-refractivity contribution in [3.05, 3.63) is 48.2 Å². The van der Waals surface area contributed by atoms with E-state index >= 15 is 0 Å². The Hall–Kier alpha value is -2.24. The summed E-state index contributed by atoms with van der Waals surface area (Å²) in [7, 11) is 0. The maximum absolute atomic E-state index is 12.5. The van der Waals surface area contributed by atoms with E-state index in [1.165, 1.54) is 31.0 Å². The third-order valence-corrected chi connectivity index (χ3v) is 4.19. The molecule has 0 amide bonds. The van der Waals surface area contributed by atoms with Crippen molar-refractivity contribution in [3.63, 3.8) is 0 Å². The molecule has 1 aromatic heterocycles. The van der Waals surface area contributed by atoms with Crippen LogP contribution in [0.2, 0.25) is 0 Å². The summed E-state index contributed by atoms with van der Waals surface area (Å²) in [5, 5.41) is 2.62. The number of pyridine rings is 1. The molecule has 1 aliphatic carbocycles. The van der Waals surface area contributed by atoms with Crippen molar-refractivity contribution >= 4 is 35.6 Å². The van der Waals surface area contributed by atoms with Gasteiger partial charge in [-0.25, -0.2) is 9.98 Å². The summed E-state index contributed by atoms with van der Waals surface area (Å²) in [6, 6.07) is 9.20. The SMILES string of the molecule is I.NC(=NCc1ccc(OC2CCCC2)nc1)Nc1ccccc1OC(F)(F)F. The molecule has 1 saturated carbocycles. The zero-order chi connectivity index (χ0) is 20.0. The molecule has 1 heterocycles. The molecular weight excluding hydrogens is 500 g/mol. The second kappa shape index (κ2) is 10.5. The number of ether oxygens (including phenoxy) is 2. The second-order valence-corrected chi connectivity index (χ2v) is 6.40. The average Bonchev–Trinajstić information content (AvgIpc) is 3.15. The van der Waals surface area contributed by atoms with Crippen LogP contribution in [0.4, 0.5) is 18.9 Å². The number of benzene rings is 1. The molecule has 3 N–H and O–H groups in total. The van der Waals surface area contributed by atoms with Crippen LogP contribution >= 0.6 is 24.0 Å². The number of nitrogens with one attached hydrogen (secondary N) is 1. The van der Waals surface area contributed by atoms with Crippen molar-refractivity contribution in [3.8, 4) is 11.6 Å². The molecule has 6 nitrogen and oxygen atoms in total. The van der Waals surface area contributed by atoms with Crippen LogP contribution in [-0.4, -0.2) is 23.4 Å². The van der Waals surface area contributed by atoms with Crippen LogP contribution in [0.15, 0.2) is 47.6 Å². The Kier molecular flexibility index (Phi) is 8.35. The minimum atomic E-state index is -4.79. The van der Waals surface area contributed by atoms with E-state index in [2.05, 4.69) is 20.0 Å². The van der Waals surface area contributed by atoms with Crippen molar-refractivity contribution in [2.45, 2.75) is 44.7 Å². The molecular formula is C19H22F3IN4O2. The number of alkyl halides is 3. The molecule has 1 aliphatic rings. The quantitative estimate of drug-likeness (QED) is 0.322. The predicted octanol–water partition coefficient (Wildman–Crippen LogP) is 4.85. The number of nitrogens with two attached hydrogens (primary N) is 1. The summed E-state index contributed by atoms with van der Waals surface area (Å²) in [5.74, 6) is 0.150. The Morgan fingerprint density at radius 1 is 1.17 bits per heavy atom. The number of hydrogen-bond donors (Lipinski definition) is 2. The fraction of sp³-hybridized carbons (Fsp3) is 0.368. The molecule has 2 aromatic rings. The lowest BCUT2D eigenvalue weighted by molar-refractivity contribution is -0.274. The summed E-state index contributed by atoms with van der Waals surface area (Å²) >= 11 is 0. The first kappa shape index (κ1) is 23.0. The highest BCUT2D eigenvalue weighted by atomic mass is 127. The van der Waals surface area contributed by atoms with Crippen molar-refractivity contribution < 1.29 is 22.6 Å². The number of anilines is 1. The van der Waals surface area contributed by atoms with Gasteiger partial charge in [0.15, 0.2) is 11.7 Å². The maximum atomic E-state index is 12.5. The van der Waals surface area contributed by atoms with Gasteiger partial charge in [0.1, 0.15) is 6.10 Å². The smallest absolute Gasteiger partial charge is 0.474 e. The fourth-order valence-corrected chi connectivity index (χ4v) is 2.89. The first-order valence-corrected chi connectivity index (χ1v) is 8.92. The monoisotopic (exact) mass is 522 g/mol. The number of nitrogens with zero attached hydrogens (tertiary/aromatic N) is 2. The van der Waals surface area contributed by atoms with Crippen LogP contribution in [0.25, 0.3) is 0 Å². The summed E-state index contributed by atoms with van der Waals surface area (Å²) in [6.07, 6.45) is 1.54. The van der Waals surface area contributed by atoms with Gasteiger partial charge in [0.25, 0.3) is 0 Å². The van der Waals surface area contributed by atoms with Gasteiger partial charge in [-0.05, 0) is 43.4 Å². The summed E-state index contributed by atoms with van der Waals surface area (Å²) < 4.78 is 47.1. The summed E-state index contributed by atoms with van der Waals surface area (Å²) in [6.45, 7) is 0.220. The Morgan fingerprint density at radius 2 is 1.90 bits per heavy atom. The minimum Gasteiger partial charge on any atom is -0.474 e. The van der Waals surface area contributed by atoms with Crippen LogP contribution in [0.5, 0.6) is 11.6 Å². The lowest BCUT2D eigenvalue weighted by Crippen LogP contribution is -2.24. The number of aromatic nitrogens is 1. The average molecular weight is 522 g/mol. The third-order valence-electron chi connectivity index (χ3n) is 4.19. The zero-order valence-corrected chi connectivity index (χ0v) is 17.8. The standard InChI is InChI=1S/C19H21F3N4O2.HI/c20-19(21,22)28-16-8-4-3-7-15(16)26-18(23)25-12-13-9-10-17(24-11-13)27-14-5-1-2-6-14;/h3-4,7-11,14H,1-2,5-6,12H2,(H3,23,25,26);1H. The van der Waals surface area contributed by atoms with Crippen molar-refractivity contribution in [2.24, 2.45) is 10.7 Å². The van der Waals surface area contributed by atoms with E-state index < -0.39 is 6.36 Å². The largest absolute Gasteiger partial charge is 0.573 e. The van der Waals surface area contributed by atoms with Gasteiger partial charge in [-0.15, -0.1) is 37.1 Å². The van der Waals surface area contributed by atoms with Crippen LogP contribution in [0.3, 0.4) is 0 Å². The van der Waals surface area contributed by atoms with Gasteiger partial charge in [-0.1, -0.05) is 18.2 Å². The molecule has 29 heavy (non-hydrogen) atoms. The molecule has 0 unspecified atom stereocenters. The maximum Gasteiger partial charge on any atom is 0.573 e. The van der Waals surface area contributed by atoms with Crippen LogP contribution in [0, 0.1) is 0 Å². The van der Waals surface area contributed by atoms with Gasteiger partial charge in [0.2, 0.25) is 5.88 Å². The number of rotatable bonds is 6. The topological polar surface area (TPSA) is 81.8 Å². The molecule has 10 heteroatoms. The number of guanidine groups is 1. The normalized spacial score (nSPS) is 14.9. The molecule has 0 atom stereocenters. The Balaban J connectivity index is 0.00000300. The minimum absolute atomic E-state index is 0. The molecule has 1 aromatic carbocycles. The van der Waals surface area contributed by atoms with Gasteiger partial charge in [0, 0.05) is 12.3 Å². The highest BCUT2D eigenvalue weighted by Gasteiger charge is 2.32. The molecule has 3 rings (SSSR count). The van der Waals surface area contributed by atoms with E-state index in [0.29, 0.717) is 5.88 Å². The number of halogens is 4. The summed E-state index contributed by atoms with van der Waals surface area (Å²) in [4.78, 5) is 8.39. The lowest BCUT2D eigenvalue weighted by Gasteiger charge is -2.14. The number of aliphatic imine (C=N–C) groups is 1. The highest BCUT2D eigenvalue weighted by molar-refractivity contribution is 14.0. The molecule has 1 fully saturated rings. The van der Waals surface area contributed by atoms with E-state index in [0.717, 1.165) is 18.4 Å². The van der Waals surface area contributed by atoms with Crippen molar-refractivity contribution in [2.75, 3.05) is 5.32 Å². The number of para-hydroxylation sites is 2. The molecule has 0 aliphatic heterocycles. The lowest BCUT2D eigenvalue weighted by atomic mass is 10.3.